The van der Waals surface area contributed by atoms with Crippen molar-refractivity contribution < 1.29 is 14.0 Å². The van der Waals surface area contributed by atoms with Crippen molar-refractivity contribution in [2.24, 2.45) is 0 Å². The second-order valence-electron chi connectivity index (χ2n) is 8.10. The van der Waals surface area contributed by atoms with Crippen LogP contribution in [0.1, 0.15) is 44.0 Å². The first-order chi connectivity index (χ1) is 14.0. The SMILES string of the molecule is CC(C)NC(=O)N(CC(=O)N1CCn2cccc2C1c1ccccc1F)C1CC1. The highest BCUT2D eigenvalue weighted by Gasteiger charge is 2.38. The summed E-state index contributed by atoms with van der Waals surface area (Å²) in [5.74, 6) is -0.488. The molecule has 1 aliphatic carbocycles. The minimum Gasteiger partial charge on any atom is -0.348 e. The van der Waals surface area contributed by atoms with E-state index >= 15 is 0 Å². The molecule has 1 N–H and O–H groups in total. The number of benzene rings is 1. The highest BCUT2D eigenvalue weighted by Crippen LogP contribution is 2.34. The van der Waals surface area contributed by atoms with Gasteiger partial charge in [-0.2, -0.15) is 0 Å². The Bertz CT molecular complexity index is 906. The minimum absolute atomic E-state index is 0.00304. The van der Waals surface area contributed by atoms with Crippen LogP contribution in [0.5, 0.6) is 0 Å². The molecule has 4 rings (SSSR count). The lowest BCUT2D eigenvalue weighted by Crippen LogP contribution is -2.51. The fraction of sp³-hybridized carbons (Fsp3) is 0.455. The molecule has 0 spiro atoms. The van der Waals surface area contributed by atoms with Gasteiger partial charge in [-0.1, -0.05) is 18.2 Å². The summed E-state index contributed by atoms with van der Waals surface area (Å²) in [5.41, 5.74) is 1.37. The average molecular weight is 398 g/mol. The van der Waals surface area contributed by atoms with Crippen LogP contribution in [0.25, 0.3) is 0 Å². The zero-order valence-electron chi connectivity index (χ0n) is 16.8. The Morgan fingerprint density at radius 2 is 1.93 bits per heavy atom. The second kappa shape index (κ2) is 7.89. The first-order valence-corrected chi connectivity index (χ1v) is 10.2. The number of halogens is 1. The maximum atomic E-state index is 14.7. The third-order valence-corrected chi connectivity index (χ3v) is 5.52. The molecule has 1 fully saturated rings. The lowest BCUT2D eigenvalue weighted by molar-refractivity contribution is -0.134. The quantitative estimate of drug-likeness (QED) is 0.841. The highest BCUT2D eigenvalue weighted by atomic mass is 19.1. The molecule has 1 atom stereocenters. The van der Waals surface area contributed by atoms with Crippen LogP contribution < -0.4 is 5.32 Å². The molecular weight excluding hydrogens is 371 g/mol. The van der Waals surface area contributed by atoms with E-state index in [2.05, 4.69) is 9.88 Å². The molecule has 6 nitrogen and oxygen atoms in total. The van der Waals surface area contributed by atoms with Gasteiger partial charge < -0.3 is 19.7 Å². The molecule has 2 heterocycles. The third kappa shape index (κ3) is 3.99. The van der Waals surface area contributed by atoms with Gasteiger partial charge in [-0.05, 0) is 44.9 Å². The number of nitrogens with one attached hydrogen (secondary N) is 1. The Morgan fingerprint density at radius 1 is 1.17 bits per heavy atom. The molecule has 2 aliphatic rings. The normalized spacial score (nSPS) is 18.5. The number of hydrogen-bond donors (Lipinski definition) is 1. The number of urea groups is 1. The number of carbonyl (C=O) groups excluding carboxylic acids is 2. The summed E-state index contributed by atoms with van der Waals surface area (Å²) in [5, 5.41) is 2.89. The minimum atomic E-state index is -0.498. The molecule has 1 saturated carbocycles. The number of fused-ring (bicyclic) bond motifs is 1. The second-order valence-corrected chi connectivity index (χ2v) is 8.10. The molecule has 0 bridgehead atoms. The van der Waals surface area contributed by atoms with Crippen LogP contribution in [0.3, 0.4) is 0 Å². The van der Waals surface area contributed by atoms with Gasteiger partial charge in [0, 0.05) is 42.6 Å². The molecule has 0 radical (unpaired) electrons. The summed E-state index contributed by atoms with van der Waals surface area (Å²) >= 11 is 0. The lowest BCUT2D eigenvalue weighted by Gasteiger charge is -2.38. The van der Waals surface area contributed by atoms with Gasteiger partial charge in [0.1, 0.15) is 18.4 Å². The molecule has 0 saturated heterocycles. The Kier molecular flexibility index (Phi) is 5.30. The number of carbonyl (C=O) groups is 2. The fourth-order valence-electron chi connectivity index (χ4n) is 4.00. The van der Waals surface area contributed by atoms with Crippen LogP contribution in [0, 0.1) is 5.82 Å². The van der Waals surface area contributed by atoms with Crippen molar-refractivity contribution in [1.82, 2.24) is 19.7 Å². The van der Waals surface area contributed by atoms with E-state index in [1.165, 1.54) is 6.07 Å². The van der Waals surface area contributed by atoms with Gasteiger partial charge in [-0.25, -0.2) is 9.18 Å². The van der Waals surface area contributed by atoms with Crippen LogP contribution >= 0.6 is 0 Å². The van der Waals surface area contributed by atoms with Crippen LogP contribution in [-0.4, -0.2) is 51.5 Å². The Hall–Kier alpha value is -2.83. The molecule has 2 aromatic rings. The molecule has 29 heavy (non-hydrogen) atoms. The first kappa shape index (κ1) is 19.5. The topological polar surface area (TPSA) is 57.6 Å². The molecule has 1 aromatic heterocycles. The maximum Gasteiger partial charge on any atom is 0.318 e. The Balaban J connectivity index is 1.61. The van der Waals surface area contributed by atoms with Crippen LogP contribution in [-0.2, 0) is 11.3 Å². The molecule has 1 aromatic carbocycles. The van der Waals surface area contributed by atoms with Gasteiger partial charge in [-0.15, -0.1) is 0 Å². The number of amides is 3. The molecular formula is C22H27FN4O2. The van der Waals surface area contributed by atoms with Crippen molar-refractivity contribution in [3.63, 3.8) is 0 Å². The summed E-state index contributed by atoms with van der Waals surface area (Å²) in [6.45, 7) is 4.94. The zero-order valence-corrected chi connectivity index (χ0v) is 16.8. The summed E-state index contributed by atoms with van der Waals surface area (Å²) in [6, 6.07) is 9.85. The van der Waals surface area contributed by atoms with Crippen LogP contribution in [0.4, 0.5) is 9.18 Å². The van der Waals surface area contributed by atoms with Crippen molar-refractivity contribution >= 4 is 11.9 Å². The number of hydrogen-bond acceptors (Lipinski definition) is 2. The van der Waals surface area contributed by atoms with Crippen LogP contribution in [0.15, 0.2) is 42.6 Å². The lowest BCUT2D eigenvalue weighted by atomic mass is 9.99. The van der Waals surface area contributed by atoms with E-state index in [-0.39, 0.29) is 36.4 Å². The van der Waals surface area contributed by atoms with Gasteiger partial charge in [-0.3, -0.25) is 4.79 Å². The van der Waals surface area contributed by atoms with Gasteiger partial charge in [0.15, 0.2) is 0 Å². The maximum absolute atomic E-state index is 14.7. The monoisotopic (exact) mass is 398 g/mol. The van der Waals surface area contributed by atoms with Gasteiger partial charge in [0.05, 0.1) is 0 Å². The summed E-state index contributed by atoms with van der Waals surface area (Å²) in [7, 11) is 0. The van der Waals surface area contributed by atoms with Gasteiger partial charge in [0.25, 0.3) is 0 Å². The predicted molar refractivity (Wildman–Crippen MR) is 108 cm³/mol. The van der Waals surface area contributed by atoms with E-state index in [1.54, 1.807) is 28.0 Å². The Labute approximate surface area is 170 Å². The van der Waals surface area contributed by atoms with Crippen molar-refractivity contribution in [2.45, 2.75) is 51.4 Å². The van der Waals surface area contributed by atoms with E-state index in [9.17, 15) is 14.0 Å². The molecule has 7 heteroatoms. The molecule has 3 amide bonds. The van der Waals surface area contributed by atoms with E-state index in [0.29, 0.717) is 18.7 Å². The van der Waals surface area contributed by atoms with Crippen molar-refractivity contribution in [2.75, 3.05) is 13.1 Å². The molecule has 154 valence electrons. The Morgan fingerprint density at radius 3 is 2.62 bits per heavy atom. The largest absolute Gasteiger partial charge is 0.348 e. The predicted octanol–water partition coefficient (Wildman–Crippen LogP) is 3.14. The standard InChI is InChI=1S/C22H27FN4O2/c1-15(2)24-22(29)27(16-9-10-16)14-20(28)26-13-12-25-11-5-8-19(25)21(26)17-6-3-4-7-18(17)23/h3-8,11,15-16,21H,9-10,12-14H2,1-2H3,(H,24,29). The fourth-order valence-corrected chi connectivity index (χ4v) is 4.00. The average Bonchev–Trinajstić information content (AvgIpc) is 3.41. The van der Waals surface area contributed by atoms with Gasteiger partial charge in [0.2, 0.25) is 5.91 Å². The van der Waals surface area contributed by atoms with Gasteiger partial charge >= 0.3 is 6.03 Å². The number of aromatic nitrogens is 1. The zero-order chi connectivity index (χ0) is 20.5. The van der Waals surface area contributed by atoms with Crippen molar-refractivity contribution in [3.8, 4) is 0 Å². The van der Waals surface area contributed by atoms with Crippen molar-refractivity contribution in [1.29, 1.82) is 0 Å². The molecule has 1 aliphatic heterocycles. The van der Waals surface area contributed by atoms with E-state index < -0.39 is 6.04 Å². The molecule has 1 unspecified atom stereocenters. The third-order valence-electron chi connectivity index (χ3n) is 5.52. The summed E-state index contributed by atoms with van der Waals surface area (Å²) in [6.07, 6.45) is 3.79. The van der Waals surface area contributed by atoms with E-state index in [0.717, 1.165) is 18.5 Å². The highest BCUT2D eigenvalue weighted by molar-refractivity contribution is 5.85. The van der Waals surface area contributed by atoms with E-state index in [1.807, 2.05) is 32.2 Å². The first-order valence-electron chi connectivity index (χ1n) is 10.2. The summed E-state index contributed by atoms with van der Waals surface area (Å²) < 4.78 is 16.7. The van der Waals surface area contributed by atoms with E-state index in [4.69, 9.17) is 0 Å². The van der Waals surface area contributed by atoms with Crippen LogP contribution in [0.2, 0.25) is 0 Å². The van der Waals surface area contributed by atoms with Crippen molar-refractivity contribution in [3.05, 3.63) is 59.7 Å². The number of nitrogens with zero attached hydrogens (tertiary/aromatic N) is 3. The smallest absolute Gasteiger partial charge is 0.318 e. The number of rotatable bonds is 5. The summed E-state index contributed by atoms with van der Waals surface area (Å²) in [4.78, 5) is 29.3.